The Hall–Kier alpha value is -1.25. The van der Waals surface area contributed by atoms with Crippen LogP contribution in [0.3, 0.4) is 0 Å². The summed E-state index contributed by atoms with van der Waals surface area (Å²) in [5.41, 5.74) is 1.33. The first-order valence-electron chi connectivity index (χ1n) is 10.9. The zero-order valence-corrected chi connectivity index (χ0v) is 17.2. The van der Waals surface area contributed by atoms with Crippen LogP contribution in [0, 0.1) is 6.92 Å². The molecular weight excluding hydrogens is 324 g/mol. The average molecular weight is 365 g/mol. The molecule has 26 heavy (non-hydrogen) atoms. The molecule has 0 radical (unpaired) electrons. The van der Waals surface area contributed by atoms with Gasteiger partial charge in [0.15, 0.2) is 0 Å². The number of hydrogen-bond donors (Lipinski definition) is 1. The number of carboxylic acids is 1. The average Bonchev–Trinajstić information content (AvgIpc) is 2.96. The van der Waals surface area contributed by atoms with Crippen molar-refractivity contribution in [3.05, 3.63) is 23.2 Å². The second-order valence-electron chi connectivity index (χ2n) is 7.71. The van der Waals surface area contributed by atoms with Gasteiger partial charge in [0.25, 0.3) is 0 Å². The van der Waals surface area contributed by atoms with Crippen molar-refractivity contribution in [2.45, 2.75) is 117 Å². The smallest absolute Gasteiger partial charge is 0.303 e. The van der Waals surface area contributed by atoms with Gasteiger partial charge in [-0.2, -0.15) is 0 Å². The lowest BCUT2D eigenvalue weighted by molar-refractivity contribution is -0.137. The predicted molar refractivity (Wildman–Crippen MR) is 109 cm³/mol. The molecule has 0 saturated heterocycles. The van der Waals surface area contributed by atoms with Gasteiger partial charge in [-0.05, 0) is 37.8 Å². The first-order valence-corrected chi connectivity index (χ1v) is 10.9. The molecule has 1 rings (SSSR count). The number of carboxylic acid groups (broad SMARTS) is 1. The molecule has 1 heterocycles. The van der Waals surface area contributed by atoms with Crippen LogP contribution in [0.15, 0.2) is 10.5 Å². The highest BCUT2D eigenvalue weighted by molar-refractivity contribution is 5.66. The van der Waals surface area contributed by atoms with E-state index in [1.807, 2.05) is 0 Å². The van der Waals surface area contributed by atoms with Crippen LogP contribution in [0.5, 0.6) is 0 Å². The maximum atomic E-state index is 10.4. The lowest BCUT2D eigenvalue weighted by atomic mass is 10.1. The maximum absolute atomic E-state index is 10.4. The SMILES string of the molecule is CCCCCCCc1cc(C)c(CCCCCCCCCCC(=O)O)o1. The van der Waals surface area contributed by atoms with Crippen molar-refractivity contribution in [2.75, 3.05) is 0 Å². The summed E-state index contributed by atoms with van der Waals surface area (Å²) in [4.78, 5) is 10.4. The first-order chi connectivity index (χ1) is 12.6. The maximum Gasteiger partial charge on any atom is 0.303 e. The van der Waals surface area contributed by atoms with Crippen molar-refractivity contribution in [1.29, 1.82) is 0 Å². The number of furan rings is 1. The molecule has 1 N–H and O–H groups in total. The van der Waals surface area contributed by atoms with E-state index in [0.29, 0.717) is 6.42 Å². The molecule has 0 fully saturated rings. The molecular formula is C23H40O3. The Labute approximate surface area is 160 Å². The molecule has 0 aliphatic carbocycles. The summed E-state index contributed by atoms with van der Waals surface area (Å²) in [6.45, 7) is 4.43. The Bertz CT molecular complexity index is 476. The van der Waals surface area contributed by atoms with E-state index in [-0.39, 0.29) is 0 Å². The van der Waals surface area contributed by atoms with E-state index >= 15 is 0 Å². The minimum Gasteiger partial charge on any atom is -0.481 e. The van der Waals surface area contributed by atoms with Crippen LogP contribution in [0.1, 0.15) is 114 Å². The lowest BCUT2D eigenvalue weighted by Gasteiger charge is -2.02. The number of aliphatic carboxylic acids is 1. The predicted octanol–water partition coefficient (Wildman–Crippen LogP) is 7.24. The number of unbranched alkanes of at least 4 members (excludes halogenated alkanes) is 11. The van der Waals surface area contributed by atoms with Crippen LogP contribution in [0.25, 0.3) is 0 Å². The summed E-state index contributed by atoms with van der Waals surface area (Å²) in [6, 6.07) is 2.24. The van der Waals surface area contributed by atoms with E-state index in [1.54, 1.807) is 0 Å². The lowest BCUT2D eigenvalue weighted by Crippen LogP contribution is -1.93. The van der Waals surface area contributed by atoms with Gasteiger partial charge in [0.1, 0.15) is 11.5 Å². The molecule has 3 heteroatoms. The minimum atomic E-state index is -0.669. The van der Waals surface area contributed by atoms with Gasteiger partial charge in [0.2, 0.25) is 0 Å². The highest BCUT2D eigenvalue weighted by Crippen LogP contribution is 2.20. The van der Waals surface area contributed by atoms with Crippen LogP contribution in [0.2, 0.25) is 0 Å². The molecule has 0 unspecified atom stereocenters. The number of hydrogen-bond acceptors (Lipinski definition) is 2. The molecule has 0 aromatic carbocycles. The number of aryl methyl sites for hydroxylation is 3. The fourth-order valence-electron chi connectivity index (χ4n) is 3.49. The largest absolute Gasteiger partial charge is 0.481 e. The monoisotopic (exact) mass is 364 g/mol. The summed E-state index contributed by atoms with van der Waals surface area (Å²) in [7, 11) is 0. The number of rotatable bonds is 17. The van der Waals surface area contributed by atoms with Crippen molar-refractivity contribution in [1.82, 2.24) is 0 Å². The molecule has 3 nitrogen and oxygen atoms in total. The van der Waals surface area contributed by atoms with Crippen LogP contribution in [-0.4, -0.2) is 11.1 Å². The Kier molecular flexibility index (Phi) is 13.0. The minimum absolute atomic E-state index is 0.323. The Morgan fingerprint density at radius 1 is 0.846 bits per heavy atom. The molecule has 0 amide bonds. The van der Waals surface area contributed by atoms with Crippen molar-refractivity contribution < 1.29 is 14.3 Å². The molecule has 0 bridgehead atoms. The van der Waals surface area contributed by atoms with Crippen molar-refractivity contribution >= 4 is 5.97 Å². The van der Waals surface area contributed by atoms with Gasteiger partial charge in [-0.25, -0.2) is 0 Å². The Balaban J connectivity index is 2.02. The van der Waals surface area contributed by atoms with Crippen LogP contribution < -0.4 is 0 Å². The van der Waals surface area contributed by atoms with E-state index in [0.717, 1.165) is 25.7 Å². The Morgan fingerprint density at radius 3 is 2.00 bits per heavy atom. The molecule has 1 aromatic heterocycles. The van der Waals surface area contributed by atoms with Gasteiger partial charge in [0.05, 0.1) is 0 Å². The van der Waals surface area contributed by atoms with Gasteiger partial charge in [-0.1, -0.05) is 71.1 Å². The van der Waals surface area contributed by atoms with E-state index in [9.17, 15) is 4.79 Å². The fourth-order valence-corrected chi connectivity index (χ4v) is 3.49. The summed E-state index contributed by atoms with van der Waals surface area (Å²) < 4.78 is 6.06. The highest BCUT2D eigenvalue weighted by Gasteiger charge is 2.07. The van der Waals surface area contributed by atoms with Gasteiger partial charge in [0, 0.05) is 19.3 Å². The molecule has 0 aliphatic rings. The van der Waals surface area contributed by atoms with Gasteiger partial charge < -0.3 is 9.52 Å². The third-order valence-electron chi connectivity index (χ3n) is 5.14. The quantitative estimate of drug-likeness (QED) is 0.296. The summed E-state index contributed by atoms with van der Waals surface area (Å²) in [6.07, 6.45) is 18.4. The van der Waals surface area contributed by atoms with E-state index < -0.39 is 5.97 Å². The molecule has 150 valence electrons. The highest BCUT2D eigenvalue weighted by atomic mass is 16.4. The van der Waals surface area contributed by atoms with Gasteiger partial charge >= 0.3 is 5.97 Å². The van der Waals surface area contributed by atoms with Crippen LogP contribution in [-0.2, 0) is 17.6 Å². The molecule has 0 atom stereocenters. The summed E-state index contributed by atoms with van der Waals surface area (Å²) in [5.74, 6) is 1.70. The zero-order valence-electron chi connectivity index (χ0n) is 17.2. The standard InChI is InChI=1S/C23H40O3/c1-3-4-5-10-13-16-21-19-20(2)22(26-21)17-14-11-8-6-7-9-12-15-18-23(24)25/h19H,3-18H2,1-2H3,(H,24,25). The summed E-state index contributed by atoms with van der Waals surface area (Å²) >= 11 is 0. The zero-order chi connectivity index (χ0) is 19.0. The van der Waals surface area contributed by atoms with Crippen molar-refractivity contribution in [3.8, 4) is 0 Å². The fraction of sp³-hybridized carbons (Fsp3) is 0.783. The van der Waals surface area contributed by atoms with Crippen LogP contribution in [0.4, 0.5) is 0 Å². The molecule has 0 spiro atoms. The second kappa shape index (κ2) is 14.9. The molecule has 0 aliphatic heterocycles. The Morgan fingerprint density at radius 2 is 1.38 bits per heavy atom. The number of carbonyl (C=O) groups is 1. The van der Waals surface area contributed by atoms with Gasteiger partial charge in [-0.15, -0.1) is 0 Å². The molecule has 1 aromatic rings. The van der Waals surface area contributed by atoms with Crippen molar-refractivity contribution in [2.24, 2.45) is 0 Å². The topological polar surface area (TPSA) is 50.4 Å². The van der Waals surface area contributed by atoms with Gasteiger partial charge in [-0.3, -0.25) is 4.79 Å². The van der Waals surface area contributed by atoms with E-state index in [4.69, 9.17) is 9.52 Å². The second-order valence-corrected chi connectivity index (χ2v) is 7.71. The van der Waals surface area contributed by atoms with E-state index in [1.165, 1.54) is 87.7 Å². The normalized spacial score (nSPS) is 11.2. The third-order valence-corrected chi connectivity index (χ3v) is 5.14. The summed E-state index contributed by atoms with van der Waals surface area (Å²) in [5, 5.41) is 8.59. The van der Waals surface area contributed by atoms with Crippen LogP contribution >= 0.6 is 0 Å². The third kappa shape index (κ3) is 11.4. The van der Waals surface area contributed by atoms with E-state index in [2.05, 4.69) is 19.9 Å². The first kappa shape index (κ1) is 22.8. The van der Waals surface area contributed by atoms with Crippen molar-refractivity contribution in [3.63, 3.8) is 0 Å². The molecule has 0 saturated carbocycles.